The molecule has 0 aromatic carbocycles. The molecule has 0 unspecified atom stereocenters. The zero-order valence-electron chi connectivity index (χ0n) is 6.82. The number of thiophene rings is 1. The summed E-state index contributed by atoms with van der Waals surface area (Å²) in [5.74, 6) is -0.288. The van der Waals surface area contributed by atoms with Crippen LogP contribution < -0.4 is 0 Å². The Morgan fingerprint density at radius 3 is 3.17 bits per heavy atom. The van der Waals surface area contributed by atoms with E-state index in [1.54, 1.807) is 24.3 Å². The summed E-state index contributed by atoms with van der Waals surface area (Å²) in [4.78, 5) is 10.8. The Balaban J connectivity index is 2.45. The predicted octanol–water partition coefficient (Wildman–Crippen LogP) is 2.32. The van der Waals surface area contributed by atoms with E-state index in [1.807, 2.05) is 16.8 Å². The van der Waals surface area contributed by atoms with Gasteiger partial charge in [0, 0.05) is 6.08 Å². The van der Waals surface area contributed by atoms with Crippen LogP contribution in [0.1, 0.15) is 12.5 Å². The molecule has 1 rings (SSSR count). The summed E-state index contributed by atoms with van der Waals surface area (Å²) in [6, 6.07) is 1.94. The first kappa shape index (κ1) is 9.00. The van der Waals surface area contributed by atoms with E-state index in [0.29, 0.717) is 6.61 Å². The molecule has 1 aromatic rings. The van der Waals surface area contributed by atoms with Gasteiger partial charge in [-0.05, 0) is 35.4 Å². The van der Waals surface area contributed by atoms with Crippen LogP contribution in [0.15, 0.2) is 22.9 Å². The van der Waals surface area contributed by atoms with Crippen LogP contribution in [0.5, 0.6) is 0 Å². The quantitative estimate of drug-likeness (QED) is 0.529. The maximum atomic E-state index is 10.8. The fourth-order valence-corrected chi connectivity index (χ4v) is 1.35. The van der Waals surface area contributed by atoms with Crippen LogP contribution in [0.3, 0.4) is 0 Å². The molecule has 0 N–H and O–H groups in total. The smallest absolute Gasteiger partial charge is 0.330 e. The van der Waals surface area contributed by atoms with Gasteiger partial charge in [0.2, 0.25) is 0 Å². The highest BCUT2D eigenvalue weighted by Gasteiger charge is 1.92. The molecule has 1 heterocycles. The number of hydrogen-bond donors (Lipinski definition) is 0. The highest BCUT2D eigenvalue weighted by Crippen LogP contribution is 2.07. The lowest BCUT2D eigenvalue weighted by Crippen LogP contribution is -1.98. The number of rotatable bonds is 3. The summed E-state index contributed by atoms with van der Waals surface area (Å²) in [5.41, 5.74) is 1.04. The minimum absolute atomic E-state index is 0.288. The van der Waals surface area contributed by atoms with Crippen molar-refractivity contribution in [2.24, 2.45) is 0 Å². The van der Waals surface area contributed by atoms with Crippen molar-refractivity contribution < 1.29 is 9.53 Å². The Bertz CT molecular complexity index is 262. The minimum atomic E-state index is -0.288. The van der Waals surface area contributed by atoms with Crippen molar-refractivity contribution in [1.82, 2.24) is 0 Å². The summed E-state index contributed by atoms with van der Waals surface area (Å²) in [7, 11) is 0. The normalized spacial score (nSPS) is 10.4. The largest absolute Gasteiger partial charge is 0.463 e. The second-order valence-electron chi connectivity index (χ2n) is 2.14. The van der Waals surface area contributed by atoms with Gasteiger partial charge in [0.05, 0.1) is 6.61 Å². The lowest BCUT2D eigenvalue weighted by atomic mass is 10.3. The van der Waals surface area contributed by atoms with E-state index >= 15 is 0 Å². The van der Waals surface area contributed by atoms with E-state index in [-0.39, 0.29) is 5.97 Å². The monoisotopic (exact) mass is 182 g/mol. The van der Waals surface area contributed by atoms with Gasteiger partial charge in [-0.2, -0.15) is 11.3 Å². The predicted molar refractivity (Wildman–Crippen MR) is 50.0 cm³/mol. The summed E-state index contributed by atoms with van der Waals surface area (Å²) < 4.78 is 4.72. The molecule has 2 nitrogen and oxygen atoms in total. The molecule has 0 fully saturated rings. The molecule has 1 aromatic heterocycles. The van der Waals surface area contributed by atoms with Crippen molar-refractivity contribution in [3.63, 3.8) is 0 Å². The Kier molecular flexibility index (Phi) is 3.54. The first-order valence-corrected chi connectivity index (χ1v) is 4.64. The van der Waals surface area contributed by atoms with Gasteiger partial charge in [0.15, 0.2) is 0 Å². The number of esters is 1. The van der Waals surface area contributed by atoms with Crippen molar-refractivity contribution in [2.45, 2.75) is 6.92 Å². The third kappa shape index (κ3) is 2.88. The molecule has 0 atom stereocenters. The van der Waals surface area contributed by atoms with Crippen molar-refractivity contribution in [1.29, 1.82) is 0 Å². The number of carbonyl (C=O) groups excluding carboxylic acids is 1. The van der Waals surface area contributed by atoms with Gasteiger partial charge in [-0.25, -0.2) is 4.79 Å². The third-order valence-corrected chi connectivity index (χ3v) is 1.94. The molecule has 0 bridgehead atoms. The summed E-state index contributed by atoms with van der Waals surface area (Å²) in [5, 5.41) is 3.93. The van der Waals surface area contributed by atoms with Gasteiger partial charge in [-0.15, -0.1) is 0 Å². The van der Waals surface area contributed by atoms with Gasteiger partial charge >= 0.3 is 5.97 Å². The second-order valence-corrected chi connectivity index (χ2v) is 2.92. The Hall–Kier alpha value is -1.09. The topological polar surface area (TPSA) is 26.3 Å². The highest BCUT2D eigenvalue weighted by molar-refractivity contribution is 7.08. The van der Waals surface area contributed by atoms with E-state index in [2.05, 4.69) is 0 Å². The van der Waals surface area contributed by atoms with Crippen LogP contribution in [0.2, 0.25) is 0 Å². The summed E-state index contributed by atoms with van der Waals surface area (Å²) in [6.07, 6.45) is 3.18. The molecule has 0 spiro atoms. The summed E-state index contributed by atoms with van der Waals surface area (Å²) >= 11 is 1.60. The van der Waals surface area contributed by atoms with Crippen molar-refractivity contribution in [3.8, 4) is 0 Å². The molecule has 64 valence electrons. The average Bonchev–Trinajstić information content (AvgIpc) is 2.53. The fourth-order valence-electron chi connectivity index (χ4n) is 0.724. The number of carbonyl (C=O) groups is 1. The van der Waals surface area contributed by atoms with Gasteiger partial charge in [0.25, 0.3) is 0 Å². The molecule has 0 aliphatic carbocycles. The molecule has 3 heteroatoms. The van der Waals surface area contributed by atoms with E-state index in [1.165, 1.54) is 6.08 Å². The molecular formula is C9H10O2S. The van der Waals surface area contributed by atoms with Gasteiger partial charge in [-0.3, -0.25) is 0 Å². The lowest BCUT2D eigenvalue weighted by Gasteiger charge is -1.93. The fraction of sp³-hybridized carbons (Fsp3) is 0.222. The van der Waals surface area contributed by atoms with Gasteiger partial charge < -0.3 is 4.74 Å². The van der Waals surface area contributed by atoms with Crippen LogP contribution in [0.4, 0.5) is 0 Å². The van der Waals surface area contributed by atoms with Crippen LogP contribution in [0, 0.1) is 0 Å². The van der Waals surface area contributed by atoms with Crippen molar-refractivity contribution in [2.75, 3.05) is 6.61 Å². The Labute approximate surface area is 75.5 Å². The highest BCUT2D eigenvalue weighted by atomic mass is 32.1. The number of hydrogen-bond acceptors (Lipinski definition) is 3. The van der Waals surface area contributed by atoms with Crippen molar-refractivity contribution in [3.05, 3.63) is 28.5 Å². The van der Waals surface area contributed by atoms with Crippen LogP contribution in [0.25, 0.3) is 6.08 Å². The molecule has 0 saturated carbocycles. The van der Waals surface area contributed by atoms with Crippen LogP contribution in [-0.2, 0) is 9.53 Å². The standard InChI is InChI=1S/C9H10O2S/c1-2-11-9(10)4-3-8-5-6-12-7-8/h3-7H,2H2,1H3. The van der Waals surface area contributed by atoms with Gasteiger partial charge in [-0.1, -0.05) is 0 Å². The SMILES string of the molecule is CCOC(=O)C=Cc1ccsc1. The van der Waals surface area contributed by atoms with Crippen molar-refractivity contribution >= 4 is 23.4 Å². The van der Waals surface area contributed by atoms with E-state index in [0.717, 1.165) is 5.56 Å². The first-order chi connectivity index (χ1) is 5.83. The number of ether oxygens (including phenoxy) is 1. The van der Waals surface area contributed by atoms with Crippen LogP contribution in [-0.4, -0.2) is 12.6 Å². The second kappa shape index (κ2) is 4.72. The summed E-state index contributed by atoms with van der Waals surface area (Å²) in [6.45, 7) is 2.21. The molecule has 0 aliphatic heterocycles. The van der Waals surface area contributed by atoms with E-state index in [9.17, 15) is 4.79 Å². The zero-order valence-corrected chi connectivity index (χ0v) is 7.64. The molecule has 0 radical (unpaired) electrons. The third-order valence-electron chi connectivity index (χ3n) is 1.24. The maximum Gasteiger partial charge on any atom is 0.330 e. The molecule has 0 aliphatic rings. The van der Waals surface area contributed by atoms with E-state index < -0.39 is 0 Å². The van der Waals surface area contributed by atoms with Gasteiger partial charge in [0.1, 0.15) is 0 Å². The Morgan fingerprint density at radius 1 is 1.75 bits per heavy atom. The average molecular weight is 182 g/mol. The zero-order chi connectivity index (χ0) is 8.81. The van der Waals surface area contributed by atoms with E-state index in [4.69, 9.17) is 4.74 Å². The maximum absolute atomic E-state index is 10.8. The molecule has 0 saturated heterocycles. The molecule has 0 amide bonds. The first-order valence-electron chi connectivity index (χ1n) is 3.70. The molecule has 12 heavy (non-hydrogen) atoms. The lowest BCUT2D eigenvalue weighted by molar-refractivity contribution is -0.137. The van der Waals surface area contributed by atoms with Crippen LogP contribution >= 0.6 is 11.3 Å². The molecular weight excluding hydrogens is 172 g/mol. The minimum Gasteiger partial charge on any atom is -0.463 e. The Morgan fingerprint density at radius 2 is 2.58 bits per heavy atom.